The normalized spacial score (nSPS) is 12.5. The summed E-state index contributed by atoms with van der Waals surface area (Å²) >= 11 is 0. The van der Waals surface area contributed by atoms with Crippen LogP contribution in [0, 0.1) is 0 Å². The van der Waals surface area contributed by atoms with Gasteiger partial charge in [-0.25, -0.2) is 0 Å². The van der Waals surface area contributed by atoms with Crippen molar-refractivity contribution in [3.8, 4) is 0 Å². The Bertz CT molecular complexity index is 1490. The van der Waals surface area contributed by atoms with E-state index in [9.17, 15) is 14.4 Å². The van der Waals surface area contributed by atoms with Gasteiger partial charge in [0.2, 0.25) is 0 Å². The number of unbranched alkanes of at least 4 members (excludes halogenated alkanes) is 42. The van der Waals surface area contributed by atoms with E-state index in [-0.39, 0.29) is 31.1 Å². The molecule has 0 saturated heterocycles. The molecular formula is C75H134O6. The smallest absolute Gasteiger partial charge is 0.306 e. The van der Waals surface area contributed by atoms with Gasteiger partial charge in [-0.15, -0.1) is 0 Å². The molecule has 81 heavy (non-hydrogen) atoms. The third kappa shape index (κ3) is 67.5. The van der Waals surface area contributed by atoms with E-state index in [1.165, 1.54) is 244 Å². The van der Waals surface area contributed by atoms with Crippen LogP contribution in [0.5, 0.6) is 0 Å². The van der Waals surface area contributed by atoms with Gasteiger partial charge in [-0.05, 0) is 116 Å². The minimum Gasteiger partial charge on any atom is -0.462 e. The molecule has 0 saturated carbocycles. The van der Waals surface area contributed by atoms with Gasteiger partial charge < -0.3 is 14.2 Å². The zero-order chi connectivity index (χ0) is 58.5. The van der Waals surface area contributed by atoms with Crippen LogP contribution in [-0.2, 0) is 28.6 Å². The Morgan fingerprint density at radius 1 is 0.247 bits per heavy atom. The van der Waals surface area contributed by atoms with Crippen LogP contribution in [0.3, 0.4) is 0 Å². The van der Waals surface area contributed by atoms with Gasteiger partial charge in [-0.1, -0.05) is 306 Å². The fraction of sp³-hybridized carbons (Fsp3) is 0.800. The highest BCUT2D eigenvalue weighted by Gasteiger charge is 2.19. The molecule has 6 heteroatoms. The van der Waals surface area contributed by atoms with Crippen molar-refractivity contribution in [3.05, 3.63) is 72.9 Å². The summed E-state index contributed by atoms with van der Waals surface area (Å²) in [5.41, 5.74) is 0. The van der Waals surface area contributed by atoms with Gasteiger partial charge in [0.25, 0.3) is 0 Å². The number of allylic oxidation sites excluding steroid dienone is 12. The van der Waals surface area contributed by atoms with Gasteiger partial charge in [0, 0.05) is 19.3 Å². The standard InChI is InChI=1S/C75H134O6/c1-4-7-10-13-16-19-22-25-28-31-33-35-36-37-38-40-41-44-47-50-53-56-59-62-65-68-74(77)80-71-72(70-79-73(76)67-64-61-58-55-52-49-46-43-30-27-24-21-18-15-12-9-6-3)81-75(78)69-66-63-60-57-54-51-48-45-42-39-34-32-29-26-23-20-17-14-11-8-5-2/h18,21-23,25-27,30-34,72H,4-17,19-20,24,28-29,35-71H2,1-3H3/b21-18-,25-22-,26-23-,30-27-,33-31-,34-32-. The highest BCUT2D eigenvalue weighted by molar-refractivity contribution is 5.71. The number of hydrogen-bond acceptors (Lipinski definition) is 6. The average Bonchev–Trinajstić information content (AvgIpc) is 3.47. The number of ether oxygens (including phenoxy) is 3. The van der Waals surface area contributed by atoms with Gasteiger partial charge >= 0.3 is 17.9 Å². The lowest BCUT2D eigenvalue weighted by Gasteiger charge is -2.18. The second-order valence-electron chi connectivity index (χ2n) is 23.8. The summed E-state index contributed by atoms with van der Waals surface area (Å²) < 4.78 is 17.0. The maximum atomic E-state index is 13.0. The van der Waals surface area contributed by atoms with E-state index in [1.807, 2.05) is 0 Å². The van der Waals surface area contributed by atoms with Gasteiger partial charge in [0.05, 0.1) is 0 Å². The summed E-state index contributed by atoms with van der Waals surface area (Å²) in [6.45, 7) is 6.64. The van der Waals surface area contributed by atoms with E-state index in [1.54, 1.807) is 0 Å². The predicted octanol–water partition coefficient (Wildman–Crippen LogP) is 24.4. The molecule has 6 nitrogen and oxygen atoms in total. The molecule has 0 N–H and O–H groups in total. The lowest BCUT2D eigenvalue weighted by atomic mass is 10.0. The number of carbonyl (C=O) groups is 3. The van der Waals surface area contributed by atoms with Crippen LogP contribution in [-0.4, -0.2) is 37.2 Å². The Morgan fingerprint density at radius 2 is 0.444 bits per heavy atom. The lowest BCUT2D eigenvalue weighted by Crippen LogP contribution is -2.30. The van der Waals surface area contributed by atoms with Crippen LogP contribution >= 0.6 is 0 Å². The van der Waals surface area contributed by atoms with Crippen LogP contribution in [0.25, 0.3) is 0 Å². The highest BCUT2D eigenvalue weighted by Crippen LogP contribution is 2.17. The Hall–Kier alpha value is -3.15. The van der Waals surface area contributed by atoms with Crippen molar-refractivity contribution in [2.45, 2.75) is 374 Å². The zero-order valence-corrected chi connectivity index (χ0v) is 54.1. The molecule has 0 fully saturated rings. The molecule has 0 amide bonds. The van der Waals surface area contributed by atoms with Crippen molar-refractivity contribution in [2.24, 2.45) is 0 Å². The zero-order valence-electron chi connectivity index (χ0n) is 54.1. The van der Waals surface area contributed by atoms with Crippen LogP contribution in [0.4, 0.5) is 0 Å². The van der Waals surface area contributed by atoms with E-state index in [0.717, 1.165) is 83.5 Å². The molecule has 0 aromatic carbocycles. The summed E-state index contributed by atoms with van der Waals surface area (Å²) in [7, 11) is 0. The molecular weight excluding hydrogens is 997 g/mol. The van der Waals surface area contributed by atoms with Gasteiger partial charge in [-0.3, -0.25) is 14.4 Å². The maximum Gasteiger partial charge on any atom is 0.306 e. The summed E-state index contributed by atoms with van der Waals surface area (Å²) in [5, 5.41) is 0. The number of esters is 3. The number of rotatable bonds is 65. The van der Waals surface area contributed by atoms with Crippen LogP contribution < -0.4 is 0 Å². The van der Waals surface area contributed by atoms with Gasteiger partial charge in [-0.2, -0.15) is 0 Å². The SMILES string of the molecule is CCCCC/C=C\C/C=C\CCCCCCCCCC(=O)OCC(COC(=O)CCCCCCCCCCCCCCC/C=C\C/C=C\CCCCCCC)OC(=O)CCCCCCCCCCC/C=C\C/C=C\CCCCCCC. The Labute approximate surface area is 503 Å². The Balaban J connectivity index is 4.34. The van der Waals surface area contributed by atoms with E-state index in [2.05, 4.69) is 93.7 Å². The van der Waals surface area contributed by atoms with Crippen molar-refractivity contribution in [1.29, 1.82) is 0 Å². The van der Waals surface area contributed by atoms with Crippen molar-refractivity contribution < 1.29 is 28.6 Å². The van der Waals surface area contributed by atoms with Gasteiger partial charge in [0.1, 0.15) is 13.2 Å². The summed E-state index contributed by atoms with van der Waals surface area (Å²) in [4.78, 5) is 38.5. The highest BCUT2D eigenvalue weighted by atomic mass is 16.6. The first kappa shape index (κ1) is 77.9. The fourth-order valence-electron chi connectivity index (χ4n) is 10.3. The quantitative estimate of drug-likeness (QED) is 0.0261. The largest absolute Gasteiger partial charge is 0.462 e. The minimum atomic E-state index is -0.783. The van der Waals surface area contributed by atoms with Crippen LogP contribution in [0.2, 0.25) is 0 Å². The molecule has 0 rings (SSSR count). The van der Waals surface area contributed by atoms with Gasteiger partial charge in [0.15, 0.2) is 6.10 Å². The van der Waals surface area contributed by atoms with E-state index in [4.69, 9.17) is 14.2 Å². The first-order valence-electron chi connectivity index (χ1n) is 35.4. The second kappa shape index (κ2) is 69.3. The van der Waals surface area contributed by atoms with Crippen molar-refractivity contribution in [2.75, 3.05) is 13.2 Å². The molecule has 0 aromatic heterocycles. The molecule has 1 unspecified atom stereocenters. The van der Waals surface area contributed by atoms with Crippen molar-refractivity contribution in [3.63, 3.8) is 0 Å². The molecule has 1 atom stereocenters. The molecule has 0 aliphatic carbocycles. The first-order chi connectivity index (χ1) is 40.0. The predicted molar refractivity (Wildman–Crippen MR) is 353 cm³/mol. The van der Waals surface area contributed by atoms with E-state index >= 15 is 0 Å². The molecule has 0 aliphatic rings. The lowest BCUT2D eigenvalue weighted by molar-refractivity contribution is -0.167. The summed E-state index contributed by atoms with van der Waals surface area (Å²) in [6, 6.07) is 0. The summed E-state index contributed by atoms with van der Waals surface area (Å²) in [6.07, 6.45) is 90.6. The first-order valence-corrected chi connectivity index (χ1v) is 35.4. The fourth-order valence-corrected chi connectivity index (χ4v) is 10.3. The molecule has 0 bridgehead atoms. The van der Waals surface area contributed by atoms with E-state index in [0.29, 0.717) is 19.3 Å². The third-order valence-electron chi connectivity index (χ3n) is 15.7. The maximum absolute atomic E-state index is 13.0. The molecule has 0 spiro atoms. The molecule has 0 heterocycles. The van der Waals surface area contributed by atoms with Crippen molar-refractivity contribution >= 4 is 17.9 Å². The van der Waals surface area contributed by atoms with Crippen molar-refractivity contribution in [1.82, 2.24) is 0 Å². The average molecular weight is 1130 g/mol. The number of hydrogen-bond donors (Lipinski definition) is 0. The van der Waals surface area contributed by atoms with E-state index < -0.39 is 6.10 Å². The molecule has 0 radical (unpaired) electrons. The van der Waals surface area contributed by atoms with Crippen LogP contribution in [0.15, 0.2) is 72.9 Å². The number of carbonyl (C=O) groups excluding carboxylic acids is 3. The Kier molecular flexibility index (Phi) is 66.6. The van der Waals surface area contributed by atoms with Crippen LogP contribution in [0.1, 0.15) is 367 Å². The third-order valence-corrected chi connectivity index (χ3v) is 15.7. The topological polar surface area (TPSA) is 78.9 Å². The molecule has 470 valence electrons. The monoisotopic (exact) mass is 1130 g/mol. The molecule has 0 aliphatic heterocycles. The Morgan fingerprint density at radius 3 is 0.704 bits per heavy atom. The molecule has 0 aromatic rings. The summed E-state index contributed by atoms with van der Waals surface area (Å²) in [5.74, 6) is -0.870. The second-order valence-corrected chi connectivity index (χ2v) is 23.8. The minimum absolute atomic E-state index is 0.0778.